The molecule has 238 valence electrons. The minimum absolute atomic E-state index is 0.0163. The van der Waals surface area contributed by atoms with Gasteiger partial charge < -0.3 is 10.6 Å². The van der Waals surface area contributed by atoms with Crippen molar-refractivity contribution in [3.05, 3.63) is 23.3 Å². The van der Waals surface area contributed by atoms with Gasteiger partial charge in [-0.15, -0.1) is 9.24 Å². The van der Waals surface area contributed by atoms with Gasteiger partial charge in [0, 0.05) is 23.2 Å². The van der Waals surface area contributed by atoms with Crippen LogP contribution in [-0.4, -0.2) is 47.8 Å². The molecule has 0 aromatic rings. The van der Waals surface area contributed by atoms with E-state index in [2.05, 4.69) is 52.8 Å². The molecular weight excluding hydrogens is 558 g/mol. The molecule has 43 heavy (non-hydrogen) atoms. The highest BCUT2D eigenvalue weighted by Crippen LogP contribution is 2.72. The molecule has 2 N–H and O–H groups in total. The summed E-state index contributed by atoms with van der Waals surface area (Å²) in [7, 11) is 3.61. The van der Waals surface area contributed by atoms with Gasteiger partial charge in [-0.2, -0.15) is 0 Å². The maximum Gasteiger partial charge on any atom is 0.0402 e. The molecule has 8 bridgehead atoms. The van der Waals surface area contributed by atoms with Gasteiger partial charge in [-0.05, 0) is 184 Å². The molecule has 2 saturated heterocycles. The third kappa shape index (κ3) is 4.90. The molecule has 11 aliphatic rings. The Labute approximate surface area is 267 Å². The first-order valence-electron chi connectivity index (χ1n) is 19.2. The van der Waals surface area contributed by atoms with E-state index in [-0.39, 0.29) is 13.1 Å². The second-order valence-corrected chi connectivity index (χ2v) is 22.4. The van der Waals surface area contributed by atoms with Crippen LogP contribution in [0.1, 0.15) is 111 Å². The largest absolute Gasteiger partial charge is 0.313 e. The number of hydrogen-bond acceptors (Lipinski definition) is 2. The van der Waals surface area contributed by atoms with E-state index in [0.717, 1.165) is 58.7 Å². The average Bonchev–Trinajstić information content (AvgIpc) is 3.74. The van der Waals surface area contributed by atoms with Crippen LogP contribution in [0.3, 0.4) is 0 Å². The van der Waals surface area contributed by atoms with Crippen LogP contribution in [-0.2, 0) is 0 Å². The van der Waals surface area contributed by atoms with Gasteiger partial charge in [0.2, 0.25) is 0 Å². The highest BCUT2D eigenvalue weighted by Gasteiger charge is 2.58. The minimum Gasteiger partial charge on any atom is -0.313 e. The molecule has 2 nitrogen and oxygen atoms in total. The van der Waals surface area contributed by atoms with Gasteiger partial charge in [-0.25, -0.2) is 0 Å². The van der Waals surface area contributed by atoms with Crippen LogP contribution in [0.4, 0.5) is 0 Å². The maximum atomic E-state index is 4.07. The van der Waals surface area contributed by atoms with Crippen LogP contribution < -0.4 is 10.6 Å². The van der Waals surface area contributed by atoms with Crippen molar-refractivity contribution in [3.8, 4) is 0 Å². The summed E-state index contributed by atoms with van der Waals surface area (Å²) in [5, 5.41) is 8.26. The number of nitrogens with one attached hydrogen (secondary N) is 2. The van der Waals surface area contributed by atoms with E-state index in [9.17, 15) is 0 Å². The lowest BCUT2D eigenvalue weighted by atomic mass is 9.55. The van der Waals surface area contributed by atoms with E-state index in [4.69, 9.17) is 0 Å². The van der Waals surface area contributed by atoms with Crippen molar-refractivity contribution in [2.75, 3.05) is 19.3 Å². The summed E-state index contributed by atoms with van der Waals surface area (Å²) in [5.41, 5.74) is 6.12. The summed E-state index contributed by atoms with van der Waals surface area (Å²) in [6.07, 6.45) is 28.7. The molecule has 0 amide bonds. The average molecular weight is 621 g/mol. The maximum absolute atomic E-state index is 4.07. The zero-order valence-corrected chi connectivity index (χ0v) is 29.8. The number of allylic oxidation sites excluding steroid dienone is 3. The molecule has 0 spiro atoms. The van der Waals surface area contributed by atoms with Crippen LogP contribution in [0.2, 0.25) is 0 Å². The van der Waals surface area contributed by atoms with E-state index in [1.807, 2.05) is 5.57 Å². The van der Waals surface area contributed by atoms with Gasteiger partial charge in [-0.3, -0.25) is 0 Å². The monoisotopic (exact) mass is 620 g/mol. The number of rotatable bonds is 7. The van der Waals surface area contributed by atoms with Crippen molar-refractivity contribution >= 4 is 17.2 Å². The Morgan fingerprint density at radius 3 is 1.49 bits per heavy atom. The molecule has 0 radical (unpaired) electrons. The van der Waals surface area contributed by atoms with Crippen molar-refractivity contribution < 1.29 is 0 Å². The highest BCUT2D eigenvalue weighted by molar-refractivity contribution is 7.59. The summed E-state index contributed by atoms with van der Waals surface area (Å²) >= 11 is 0. The predicted molar refractivity (Wildman–Crippen MR) is 187 cm³/mol. The van der Waals surface area contributed by atoms with Crippen LogP contribution in [0.25, 0.3) is 0 Å². The zero-order chi connectivity index (χ0) is 29.1. The molecular formula is C39H62N2P2. The van der Waals surface area contributed by atoms with E-state index < -0.39 is 0 Å². The molecule has 0 aromatic heterocycles. The molecule has 4 atom stereocenters. The number of hydrogen-bond donors (Lipinski definition) is 2. The molecule has 8 saturated carbocycles. The summed E-state index contributed by atoms with van der Waals surface area (Å²) in [5.74, 6) is 9.31. The van der Waals surface area contributed by atoms with Gasteiger partial charge in [0.15, 0.2) is 0 Å². The molecule has 2 aliphatic heterocycles. The van der Waals surface area contributed by atoms with Gasteiger partial charge >= 0.3 is 0 Å². The summed E-state index contributed by atoms with van der Waals surface area (Å²) in [6.45, 7) is 9.94. The van der Waals surface area contributed by atoms with Crippen LogP contribution in [0.15, 0.2) is 23.3 Å². The Morgan fingerprint density at radius 1 is 0.674 bits per heavy atom. The minimum atomic E-state index is 0.0163. The quantitative estimate of drug-likeness (QED) is 0.278. The normalized spacial score (nSPS) is 50.3. The smallest absolute Gasteiger partial charge is 0.0402 e. The third-order valence-corrected chi connectivity index (χ3v) is 20.3. The fourth-order valence-corrected chi connectivity index (χ4v) is 19.5. The highest BCUT2D eigenvalue weighted by atomic mass is 31.1. The first-order chi connectivity index (χ1) is 20.7. The molecule has 4 heteroatoms. The molecule has 10 fully saturated rings. The van der Waals surface area contributed by atoms with E-state index >= 15 is 0 Å². The SMILES string of the molecule is CC(C)(C)C1C=C(CP(C2C3CC4CC(C3)CC2C4)C2C3CC4CC(C3)CC2C4)C(C(P)(C2CCCN2)C2CCCN2)=C1. The fourth-order valence-electron chi connectivity index (χ4n) is 14.0. The van der Waals surface area contributed by atoms with Crippen molar-refractivity contribution in [3.63, 3.8) is 0 Å². The summed E-state index contributed by atoms with van der Waals surface area (Å²) < 4.78 is 0. The Balaban J connectivity index is 1.11. The molecule has 0 aromatic carbocycles. The van der Waals surface area contributed by atoms with E-state index in [0.29, 0.717) is 23.4 Å². The topological polar surface area (TPSA) is 24.1 Å². The van der Waals surface area contributed by atoms with Crippen molar-refractivity contribution in [1.29, 1.82) is 0 Å². The van der Waals surface area contributed by atoms with Gasteiger partial charge in [0.1, 0.15) is 0 Å². The summed E-state index contributed by atoms with van der Waals surface area (Å²) in [6, 6.07) is 1.19. The van der Waals surface area contributed by atoms with Gasteiger partial charge in [-0.1, -0.05) is 40.8 Å². The zero-order valence-electron chi connectivity index (χ0n) is 27.7. The second-order valence-electron chi connectivity index (χ2n) is 18.9. The lowest BCUT2D eigenvalue weighted by Gasteiger charge is -2.62. The summed E-state index contributed by atoms with van der Waals surface area (Å²) in [4.78, 5) is 0. The van der Waals surface area contributed by atoms with E-state index in [1.165, 1.54) is 44.9 Å². The first-order valence-corrected chi connectivity index (χ1v) is 21.4. The predicted octanol–water partition coefficient (Wildman–Crippen LogP) is 8.76. The van der Waals surface area contributed by atoms with Crippen molar-refractivity contribution in [1.82, 2.24) is 10.6 Å². The Morgan fingerprint density at radius 2 is 1.12 bits per heavy atom. The van der Waals surface area contributed by atoms with Crippen LogP contribution in [0.5, 0.6) is 0 Å². The first kappa shape index (κ1) is 29.4. The molecule has 11 rings (SSSR count). The Hall–Kier alpha value is 0.260. The fraction of sp³-hybridized carbons (Fsp3) is 0.897. The second kappa shape index (κ2) is 10.9. The standard InChI is InChI=1S/C39H62N2P2/c1-38(2,3)32-20-31(33(21-32)39(42,34-6-4-8-40-34)35-7-5-9-41-35)22-43(36-27-12-23-10-24(14-27)15-28(36)13-23)37-29-16-25-11-26(18-29)19-30(37)17-25/h20-21,23-30,32,34-37,40-41H,4-19,22,42H2,1-3H3. The Kier molecular flexibility index (Phi) is 7.45. The third-order valence-electron chi connectivity index (χ3n) is 15.3. The Bertz CT molecular complexity index is 1020. The van der Waals surface area contributed by atoms with E-state index in [1.54, 1.807) is 69.8 Å². The van der Waals surface area contributed by atoms with Crippen molar-refractivity contribution in [2.24, 2.45) is 58.7 Å². The lowest BCUT2D eigenvalue weighted by Crippen LogP contribution is -2.56. The van der Waals surface area contributed by atoms with Crippen LogP contribution in [0, 0.1) is 58.7 Å². The molecule has 4 unspecified atom stereocenters. The molecule has 2 heterocycles. The molecule has 9 aliphatic carbocycles. The van der Waals surface area contributed by atoms with Crippen LogP contribution >= 0.6 is 17.2 Å². The van der Waals surface area contributed by atoms with Crippen molar-refractivity contribution in [2.45, 2.75) is 139 Å². The van der Waals surface area contributed by atoms with Gasteiger partial charge in [0.05, 0.1) is 0 Å². The van der Waals surface area contributed by atoms with Gasteiger partial charge in [0.25, 0.3) is 0 Å². The lowest BCUT2D eigenvalue weighted by molar-refractivity contribution is 0.0131.